The van der Waals surface area contributed by atoms with Gasteiger partial charge in [0.15, 0.2) is 5.15 Å². The number of hydrogen-bond acceptors (Lipinski definition) is 3. The van der Waals surface area contributed by atoms with E-state index in [-0.39, 0.29) is 16.8 Å². The van der Waals surface area contributed by atoms with Gasteiger partial charge in [0.05, 0.1) is 11.0 Å². The van der Waals surface area contributed by atoms with Crippen LogP contribution < -0.4 is 10.9 Å². The Hall–Kier alpha value is -1.39. The van der Waals surface area contributed by atoms with Gasteiger partial charge in [-0.1, -0.05) is 96.4 Å². The molecule has 2 aliphatic carbocycles. The van der Waals surface area contributed by atoms with Gasteiger partial charge >= 0.3 is 0 Å². The first kappa shape index (κ1) is 27.2. The fourth-order valence-corrected chi connectivity index (χ4v) is 6.74. The summed E-state index contributed by atoms with van der Waals surface area (Å²) in [7, 11) is 0. The molecule has 34 heavy (non-hydrogen) atoms. The SMILES string of the molecule is C1CC2CCCC(C1)C2.CC.CC.O=c1c(Cl)nc2ccccc2n1C1CC2CCCC(C1)N2. The van der Waals surface area contributed by atoms with E-state index in [2.05, 4.69) is 10.3 Å². The van der Waals surface area contributed by atoms with Gasteiger partial charge in [-0.3, -0.25) is 4.79 Å². The summed E-state index contributed by atoms with van der Waals surface area (Å²) in [5, 5.41) is 3.75. The molecule has 190 valence electrons. The van der Waals surface area contributed by atoms with Gasteiger partial charge in [-0.15, -0.1) is 0 Å². The third-order valence-electron chi connectivity index (χ3n) is 7.93. The molecule has 0 spiro atoms. The molecule has 0 amide bonds. The maximum Gasteiger partial charge on any atom is 0.288 e. The standard InChI is InChI=1S/C16H18ClN3O.C9H16.2C2H6/c17-15-16(21)20(14-7-2-1-6-13(14)19-15)12-8-10-4-3-5-11(9-12)18-10;1-3-8-5-2-6-9(4-1)7-8;2*1-2/h1-2,6-7,10-12,18H,3-5,8-9H2;8-9H,1-7H2;2*1-2H3. The highest BCUT2D eigenvalue weighted by Gasteiger charge is 2.33. The number of nitrogens with one attached hydrogen (secondary N) is 1. The Bertz CT molecular complexity index is 911. The number of para-hydroxylation sites is 2. The number of rotatable bonds is 1. The molecule has 6 rings (SSSR count). The summed E-state index contributed by atoms with van der Waals surface area (Å²) in [6.07, 6.45) is 16.6. The topological polar surface area (TPSA) is 46.9 Å². The number of benzene rings is 1. The monoisotopic (exact) mass is 487 g/mol. The predicted octanol–water partition coefficient (Wildman–Crippen LogP) is 7.92. The molecule has 2 saturated heterocycles. The molecule has 1 aromatic heterocycles. The lowest BCUT2D eigenvalue weighted by atomic mass is 9.72. The zero-order valence-corrected chi connectivity index (χ0v) is 22.6. The summed E-state index contributed by atoms with van der Waals surface area (Å²) in [6.45, 7) is 8.00. The molecule has 2 aliphatic heterocycles. The predicted molar refractivity (Wildman–Crippen MR) is 146 cm³/mol. The second-order valence-corrected chi connectivity index (χ2v) is 10.4. The molecule has 2 saturated carbocycles. The highest BCUT2D eigenvalue weighted by atomic mass is 35.5. The fourth-order valence-electron chi connectivity index (χ4n) is 6.56. The van der Waals surface area contributed by atoms with Gasteiger partial charge in [0.1, 0.15) is 0 Å². The summed E-state index contributed by atoms with van der Waals surface area (Å²) in [4.78, 5) is 16.8. The van der Waals surface area contributed by atoms with Crippen LogP contribution in [0.2, 0.25) is 5.15 Å². The largest absolute Gasteiger partial charge is 0.311 e. The van der Waals surface area contributed by atoms with E-state index in [0.29, 0.717) is 12.1 Å². The lowest BCUT2D eigenvalue weighted by Crippen LogP contribution is -2.50. The maximum atomic E-state index is 12.5. The van der Waals surface area contributed by atoms with Gasteiger partial charge in [-0.2, -0.15) is 0 Å². The van der Waals surface area contributed by atoms with Gasteiger partial charge < -0.3 is 9.88 Å². The van der Waals surface area contributed by atoms with Crippen LogP contribution in [0.15, 0.2) is 29.1 Å². The smallest absolute Gasteiger partial charge is 0.288 e. The number of nitrogens with zero attached hydrogens (tertiary/aromatic N) is 2. The van der Waals surface area contributed by atoms with Crippen LogP contribution in [0.25, 0.3) is 11.0 Å². The average Bonchev–Trinajstić information content (AvgIpc) is 2.87. The first-order chi connectivity index (χ1) is 16.7. The molecule has 2 aromatic rings. The van der Waals surface area contributed by atoms with Crippen molar-refractivity contribution in [2.24, 2.45) is 11.8 Å². The van der Waals surface area contributed by atoms with Crippen LogP contribution in [-0.2, 0) is 0 Å². The molecule has 2 unspecified atom stereocenters. The zero-order chi connectivity index (χ0) is 24.5. The highest BCUT2D eigenvalue weighted by molar-refractivity contribution is 6.29. The average molecular weight is 488 g/mol. The van der Waals surface area contributed by atoms with Crippen molar-refractivity contribution in [3.05, 3.63) is 39.8 Å². The minimum absolute atomic E-state index is 0.0809. The van der Waals surface area contributed by atoms with Crippen LogP contribution in [-0.4, -0.2) is 21.6 Å². The third kappa shape index (κ3) is 6.63. The first-order valence-electron chi connectivity index (χ1n) is 14.1. The van der Waals surface area contributed by atoms with Crippen LogP contribution >= 0.6 is 11.6 Å². The fraction of sp³-hybridized carbons (Fsp3) is 0.724. The summed E-state index contributed by atoms with van der Waals surface area (Å²) in [5.74, 6) is 2.30. The van der Waals surface area contributed by atoms with Crippen molar-refractivity contribution in [1.82, 2.24) is 14.9 Å². The van der Waals surface area contributed by atoms with Gasteiger partial charge in [0.25, 0.3) is 5.56 Å². The maximum absolute atomic E-state index is 12.5. The van der Waals surface area contributed by atoms with E-state index in [9.17, 15) is 4.79 Å². The van der Waals surface area contributed by atoms with Gasteiger partial charge in [-0.05, 0) is 56.1 Å². The summed E-state index contributed by atoms with van der Waals surface area (Å²) >= 11 is 6.07. The molecule has 0 radical (unpaired) electrons. The van der Waals surface area contributed by atoms with Crippen molar-refractivity contribution in [2.75, 3.05) is 0 Å². The Morgan fingerprint density at radius 2 is 1.35 bits per heavy atom. The Kier molecular flexibility index (Phi) is 10.9. The lowest BCUT2D eigenvalue weighted by molar-refractivity contribution is 0.189. The minimum Gasteiger partial charge on any atom is -0.311 e. The molecule has 4 nitrogen and oxygen atoms in total. The van der Waals surface area contributed by atoms with Crippen molar-refractivity contribution in [1.29, 1.82) is 0 Å². The van der Waals surface area contributed by atoms with Gasteiger partial charge in [0.2, 0.25) is 0 Å². The van der Waals surface area contributed by atoms with E-state index in [1.54, 1.807) is 32.1 Å². The molecule has 2 atom stereocenters. The van der Waals surface area contributed by atoms with E-state index in [0.717, 1.165) is 35.7 Å². The molecule has 4 fully saturated rings. The van der Waals surface area contributed by atoms with E-state index < -0.39 is 0 Å². The summed E-state index contributed by atoms with van der Waals surface area (Å²) < 4.78 is 1.89. The van der Waals surface area contributed by atoms with E-state index in [1.165, 1.54) is 32.1 Å². The van der Waals surface area contributed by atoms with E-state index in [1.807, 2.05) is 56.5 Å². The quantitative estimate of drug-likeness (QED) is 0.444. The van der Waals surface area contributed by atoms with Crippen LogP contribution in [0.4, 0.5) is 0 Å². The van der Waals surface area contributed by atoms with Crippen molar-refractivity contribution < 1.29 is 0 Å². The van der Waals surface area contributed by atoms with Crippen molar-refractivity contribution >= 4 is 22.6 Å². The molecule has 1 N–H and O–H groups in total. The van der Waals surface area contributed by atoms with Gasteiger partial charge in [-0.25, -0.2) is 4.98 Å². The van der Waals surface area contributed by atoms with E-state index >= 15 is 0 Å². The van der Waals surface area contributed by atoms with Crippen molar-refractivity contribution in [3.8, 4) is 0 Å². The van der Waals surface area contributed by atoms with Crippen LogP contribution in [0, 0.1) is 11.8 Å². The Labute approximate surface area is 211 Å². The minimum atomic E-state index is -0.152. The molecular weight excluding hydrogens is 442 g/mol. The molecule has 4 aliphatic rings. The summed E-state index contributed by atoms with van der Waals surface area (Å²) in [6, 6.07) is 9.05. The number of hydrogen-bond donors (Lipinski definition) is 1. The normalized spacial score (nSPS) is 29.4. The molecular formula is C29H46ClN3O. The van der Waals surface area contributed by atoms with Gasteiger partial charge in [0, 0.05) is 18.1 Å². The summed E-state index contributed by atoms with van der Waals surface area (Å²) in [5.41, 5.74) is 1.54. The van der Waals surface area contributed by atoms with E-state index in [4.69, 9.17) is 11.6 Å². The number of halogens is 1. The van der Waals surface area contributed by atoms with Crippen LogP contribution in [0.1, 0.15) is 111 Å². The molecule has 3 heterocycles. The van der Waals surface area contributed by atoms with Crippen LogP contribution in [0.5, 0.6) is 0 Å². The number of aromatic nitrogens is 2. The van der Waals surface area contributed by atoms with Crippen molar-refractivity contribution in [3.63, 3.8) is 0 Å². The highest BCUT2D eigenvalue weighted by Crippen LogP contribution is 2.39. The molecule has 1 aromatic carbocycles. The Morgan fingerprint density at radius 3 is 1.91 bits per heavy atom. The second-order valence-electron chi connectivity index (χ2n) is 10.0. The lowest BCUT2D eigenvalue weighted by Gasteiger charge is -2.41. The Morgan fingerprint density at radius 1 is 0.824 bits per heavy atom. The third-order valence-corrected chi connectivity index (χ3v) is 8.17. The first-order valence-corrected chi connectivity index (χ1v) is 14.5. The van der Waals surface area contributed by atoms with Crippen molar-refractivity contribution in [2.45, 2.75) is 123 Å². The molecule has 4 bridgehead atoms. The second kappa shape index (κ2) is 13.6. The van der Waals surface area contributed by atoms with Crippen LogP contribution in [0.3, 0.4) is 0 Å². The number of piperidine rings is 2. The Balaban J connectivity index is 0.000000208. The number of fused-ring (bicyclic) bond motifs is 5. The zero-order valence-electron chi connectivity index (χ0n) is 21.9. The molecule has 5 heteroatoms.